The Morgan fingerprint density at radius 3 is 2.46 bits per heavy atom. The van der Waals surface area contributed by atoms with Crippen LogP contribution in [0.5, 0.6) is 0 Å². The van der Waals surface area contributed by atoms with Gasteiger partial charge in [-0.25, -0.2) is 0 Å². The van der Waals surface area contributed by atoms with E-state index in [1.54, 1.807) is 0 Å². The first-order chi connectivity index (χ1) is 11.6. The zero-order valence-electron chi connectivity index (χ0n) is 14.6. The zero-order chi connectivity index (χ0) is 16.9. The van der Waals surface area contributed by atoms with E-state index < -0.39 is 0 Å². The second kappa shape index (κ2) is 7.52. The third-order valence-corrected chi connectivity index (χ3v) is 4.70. The molecule has 1 fully saturated rings. The van der Waals surface area contributed by atoms with Crippen molar-refractivity contribution in [2.24, 2.45) is 5.92 Å². The highest BCUT2D eigenvalue weighted by Gasteiger charge is 2.18. The summed E-state index contributed by atoms with van der Waals surface area (Å²) in [6.07, 6.45) is 2.54. The molecule has 3 rings (SSSR count). The quantitative estimate of drug-likeness (QED) is 0.884. The van der Waals surface area contributed by atoms with E-state index in [9.17, 15) is 4.79 Å². The first-order valence-corrected chi connectivity index (χ1v) is 8.80. The molecule has 0 aliphatic carbocycles. The molecule has 1 heterocycles. The van der Waals surface area contributed by atoms with Crippen LogP contribution in [0.4, 0.5) is 11.4 Å². The van der Waals surface area contributed by atoms with Gasteiger partial charge in [-0.05, 0) is 55.5 Å². The lowest BCUT2D eigenvalue weighted by Gasteiger charge is -2.18. The molecule has 0 saturated carbocycles. The fraction of sp³-hybridized carbons (Fsp3) is 0.381. The predicted molar refractivity (Wildman–Crippen MR) is 101 cm³/mol. The minimum absolute atomic E-state index is 0.0677. The number of nitrogens with one attached hydrogen (secondary N) is 1. The van der Waals surface area contributed by atoms with Crippen LogP contribution in [0.1, 0.15) is 30.9 Å². The topological polar surface area (TPSA) is 32.3 Å². The third kappa shape index (κ3) is 4.38. The maximum absolute atomic E-state index is 12.1. The normalized spacial score (nSPS) is 17.1. The lowest BCUT2D eigenvalue weighted by atomic mass is 10.1. The van der Waals surface area contributed by atoms with Gasteiger partial charge in [0.25, 0.3) is 0 Å². The predicted octanol–water partition coefficient (Wildman–Crippen LogP) is 4.41. The first kappa shape index (κ1) is 16.6. The second-order valence-corrected chi connectivity index (χ2v) is 6.92. The molecular formula is C21H26N2O. The van der Waals surface area contributed by atoms with Gasteiger partial charge in [0, 0.05) is 30.9 Å². The number of carbonyl (C=O) groups excluding carboxylic acids is 1. The summed E-state index contributed by atoms with van der Waals surface area (Å²) in [6, 6.07) is 16.6. The van der Waals surface area contributed by atoms with E-state index in [-0.39, 0.29) is 5.91 Å². The highest BCUT2D eigenvalue weighted by atomic mass is 16.1. The molecule has 1 atom stereocenters. The first-order valence-electron chi connectivity index (χ1n) is 8.80. The van der Waals surface area contributed by atoms with Gasteiger partial charge in [0.1, 0.15) is 0 Å². The van der Waals surface area contributed by atoms with E-state index in [2.05, 4.69) is 60.5 Å². The summed E-state index contributed by atoms with van der Waals surface area (Å²) in [5.74, 6) is 0.837. The van der Waals surface area contributed by atoms with Gasteiger partial charge in [-0.2, -0.15) is 0 Å². The van der Waals surface area contributed by atoms with Crippen LogP contribution in [-0.4, -0.2) is 19.0 Å². The lowest BCUT2D eigenvalue weighted by Crippen LogP contribution is -2.19. The number of carbonyl (C=O) groups is 1. The summed E-state index contributed by atoms with van der Waals surface area (Å²) in [6.45, 7) is 6.62. The molecule has 0 aromatic heterocycles. The van der Waals surface area contributed by atoms with Gasteiger partial charge in [-0.1, -0.05) is 36.8 Å². The molecule has 1 aliphatic heterocycles. The summed E-state index contributed by atoms with van der Waals surface area (Å²) in [4.78, 5) is 14.5. The van der Waals surface area contributed by atoms with Crippen LogP contribution in [0.2, 0.25) is 0 Å². The van der Waals surface area contributed by atoms with Gasteiger partial charge in [-0.15, -0.1) is 0 Å². The summed E-state index contributed by atoms with van der Waals surface area (Å²) < 4.78 is 0. The van der Waals surface area contributed by atoms with Gasteiger partial charge >= 0.3 is 0 Å². The molecule has 126 valence electrons. The maximum Gasteiger partial charge on any atom is 0.224 e. The van der Waals surface area contributed by atoms with Crippen molar-refractivity contribution in [3.8, 4) is 0 Å². The minimum Gasteiger partial charge on any atom is -0.371 e. The molecule has 1 aliphatic rings. The Bertz CT molecular complexity index is 676. The van der Waals surface area contributed by atoms with E-state index in [0.29, 0.717) is 6.42 Å². The largest absolute Gasteiger partial charge is 0.371 e. The Kier molecular flexibility index (Phi) is 5.19. The average Bonchev–Trinajstić information content (AvgIpc) is 3.01. The van der Waals surface area contributed by atoms with E-state index in [4.69, 9.17) is 0 Å². The number of anilines is 2. The number of amides is 1. The molecular weight excluding hydrogens is 296 g/mol. The minimum atomic E-state index is 0.0677. The molecule has 0 spiro atoms. The lowest BCUT2D eigenvalue weighted by molar-refractivity contribution is -0.116. The fourth-order valence-corrected chi connectivity index (χ4v) is 3.16. The van der Waals surface area contributed by atoms with Gasteiger partial charge < -0.3 is 10.2 Å². The molecule has 3 nitrogen and oxygen atoms in total. The molecule has 3 heteroatoms. The van der Waals surface area contributed by atoms with Crippen LogP contribution < -0.4 is 10.2 Å². The van der Waals surface area contributed by atoms with Crippen LogP contribution in [-0.2, 0) is 11.2 Å². The van der Waals surface area contributed by atoms with E-state index in [0.717, 1.165) is 31.1 Å². The molecule has 1 N–H and O–H groups in total. The van der Waals surface area contributed by atoms with Crippen molar-refractivity contribution in [3.05, 3.63) is 59.7 Å². The summed E-state index contributed by atoms with van der Waals surface area (Å²) in [5, 5.41) is 2.99. The number of rotatable bonds is 5. The van der Waals surface area contributed by atoms with Crippen molar-refractivity contribution in [2.75, 3.05) is 23.3 Å². The molecule has 0 bridgehead atoms. The van der Waals surface area contributed by atoms with Crippen molar-refractivity contribution in [2.45, 2.75) is 33.1 Å². The number of nitrogens with zero attached hydrogens (tertiary/aromatic N) is 1. The smallest absolute Gasteiger partial charge is 0.224 e. The number of aryl methyl sites for hydroxylation is 2. The van der Waals surface area contributed by atoms with Gasteiger partial charge in [0.05, 0.1) is 0 Å². The van der Waals surface area contributed by atoms with Crippen LogP contribution in [0, 0.1) is 12.8 Å². The van der Waals surface area contributed by atoms with Gasteiger partial charge in [0.15, 0.2) is 0 Å². The van der Waals surface area contributed by atoms with Crippen LogP contribution in [0.15, 0.2) is 48.5 Å². The van der Waals surface area contributed by atoms with E-state index >= 15 is 0 Å². The molecule has 1 saturated heterocycles. The second-order valence-electron chi connectivity index (χ2n) is 6.92. The Labute approximate surface area is 144 Å². The average molecular weight is 322 g/mol. The molecule has 2 aromatic rings. The zero-order valence-corrected chi connectivity index (χ0v) is 14.6. The monoisotopic (exact) mass is 322 g/mol. The fourth-order valence-electron chi connectivity index (χ4n) is 3.16. The Balaban J connectivity index is 1.50. The molecule has 1 unspecified atom stereocenters. The van der Waals surface area contributed by atoms with Crippen molar-refractivity contribution >= 4 is 17.3 Å². The standard InChI is InChI=1S/C21H26N2O/c1-16-3-5-18(6-4-16)7-12-21(24)22-19-8-10-20(11-9-19)23-14-13-17(2)15-23/h3-6,8-11,17H,7,12-15H2,1-2H3,(H,22,24). The van der Waals surface area contributed by atoms with Crippen molar-refractivity contribution in [1.29, 1.82) is 0 Å². The van der Waals surface area contributed by atoms with Gasteiger partial charge in [0.2, 0.25) is 5.91 Å². The highest BCUT2D eigenvalue weighted by molar-refractivity contribution is 5.91. The van der Waals surface area contributed by atoms with Crippen molar-refractivity contribution in [1.82, 2.24) is 0 Å². The molecule has 0 radical (unpaired) electrons. The van der Waals surface area contributed by atoms with E-state index in [1.165, 1.54) is 23.2 Å². The van der Waals surface area contributed by atoms with Crippen molar-refractivity contribution < 1.29 is 4.79 Å². The summed E-state index contributed by atoms with van der Waals surface area (Å²) >= 11 is 0. The van der Waals surface area contributed by atoms with Gasteiger partial charge in [-0.3, -0.25) is 4.79 Å². The van der Waals surface area contributed by atoms with Crippen molar-refractivity contribution in [3.63, 3.8) is 0 Å². The number of benzene rings is 2. The third-order valence-electron chi connectivity index (χ3n) is 4.70. The Morgan fingerprint density at radius 1 is 1.12 bits per heavy atom. The SMILES string of the molecule is Cc1ccc(CCC(=O)Nc2ccc(N3CCC(C)C3)cc2)cc1. The summed E-state index contributed by atoms with van der Waals surface area (Å²) in [7, 11) is 0. The highest BCUT2D eigenvalue weighted by Crippen LogP contribution is 2.24. The van der Waals surface area contributed by atoms with Crippen LogP contribution >= 0.6 is 0 Å². The maximum atomic E-state index is 12.1. The molecule has 1 amide bonds. The van der Waals surface area contributed by atoms with Crippen LogP contribution in [0.3, 0.4) is 0 Å². The Morgan fingerprint density at radius 2 is 1.83 bits per heavy atom. The van der Waals surface area contributed by atoms with Crippen LogP contribution in [0.25, 0.3) is 0 Å². The summed E-state index contributed by atoms with van der Waals surface area (Å²) in [5.41, 5.74) is 4.57. The van der Waals surface area contributed by atoms with E-state index in [1.807, 2.05) is 12.1 Å². The molecule has 24 heavy (non-hydrogen) atoms. The number of hydrogen-bond acceptors (Lipinski definition) is 2. The Hall–Kier alpha value is -2.29. The molecule has 2 aromatic carbocycles. The number of hydrogen-bond donors (Lipinski definition) is 1.